The molecule has 0 fully saturated rings. The summed E-state index contributed by atoms with van der Waals surface area (Å²) < 4.78 is 1.67. The summed E-state index contributed by atoms with van der Waals surface area (Å²) in [6, 6.07) is 0. The predicted octanol–water partition coefficient (Wildman–Crippen LogP) is 1.10. The Labute approximate surface area is 108 Å². The van der Waals surface area contributed by atoms with Gasteiger partial charge >= 0.3 is 0 Å². The molecule has 1 aromatic heterocycles. The molecule has 0 spiro atoms. The highest BCUT2D eigenvalue weighted by atomic mass is 16.3. The number of aryl methyl sites for hydroxylation is 1. The molecule has 0 aromatic carbocycles. The van der Waals surface area contributed by atoms with E-state index in [2.05, 4.69) is 10.4 Å². The second-order valence-corrected chi connectivity index (χ2v) is 4.43. The summed E-state index contributed by atoms with van der Waals surface area (Å²) in [7, 11) is 1.82. The minimum Gasteiger partial charge on any atom is -0.388 e. The van der Waals surface area contributed by atoms with Crippen molar-refractivity contribution in [2.45, 2.75) is 32.3 Å². The molecule has 2 N–H and O–H groups in total. The van der Waals surface area contributed by atoms with E-state index in [0.717, 1.165) is 5.56 Å². The highest BCUT2D eigenvalue weighted by Crippen LogP contribution is 2.12. The van der Waals surface area contributed by atoms with E-state index >= 15 is 0 Å². The molecule has 0 unspecified atom stereocenters. The molecule has 0 atom stereocenters. The van der Waals surface area contributed by atoms with E-state index in [1.165, 1.54) is 6.08 Å². The molecule has 0 radical (unpaired) electrons. The zero-order chi connectivity index (χ0) is 13.6. The van der Waals surface area contributed by atoms with Crippen molar-refractivity contribution in [2.24, 2.45) is 7.05 Å². The van der Waals surface area contributed by atoms with Crippen molar-refractivity contribution in [2.75, 3.05) is 6.54 Å². The number of rotatable bonds is 6. The quantitative estimate of drug-likeness (QED) is 0.744. The van der Waals surface area contributed by atoms with E-state index in [1.54, 1.807) is 17.0 Å². The van der Waals surface area contributed by atoms with Gasteiger partial charge in [0.05, 0.1) is 11.8 Å². The van der Waals surface area contributed by atoms with Gasteiger partial charge in [0.25, 0.3) is 0 Å². The average Bonchev–Trinajstić information content (AvgIpc) is 2.79. The maximum Gasteiger partial charge on any atom is 0.244 e. The van der Waals surface area contributed by atoms with Crippen LogP contribution in [-0.2, 0) is 11.8 Å². The Bertz CT molecular complexity index is 420. The lowest BCUT2D eigenvalue weighted by atomic mass is 9.98. The first-order valence-corrected chi connectivity index (χ1v) is 6.16. The lowest BCUT2D eigenvalue weighted by Gasteiger charge is -2.24. The van der Waals surface area contributed by atoms with Crippen LogP contribution in [0, 0.1) is 0 Å². The first kappa shape index (κ1) is 14.4. The smallest absolute Gasteiger partial charge is 0.244 e. The fraction of sp³-hybridized carbons (Fsp3) is 0.538. The second kappa shape index (κ2) is 6.35. The second-order valence-electron chi connectivity index (χ2n) is 4.43. The number of nitrogens with zero attached hydrogens (tertiary/aromatic N) is 2. The molecule has 1 heterocycles. The number of aliphatic hydroxyl groups is 1. The first-order valence-electron chi connectivity index (χ1n) is 6.16. The van der Waals surface area contributed by atoms with Crippen molar-refractivity contribution in [1.29, 1.82) is 0 Å². The summed E-state index contributed by atoms with van der Waals surface area (Å²) in [5.41, 5.74) is 0.0616. The topological polar surface area (TPSA) is 67.2 Å². The molecule has 0 aliphatic heterocycles. The normalized spacial score (nSPS) is 12.0. The maximum absolute atomic E-state index is 11.6. The van der Waals surface area contributed by atoms with Crippen LogP contribution in [0.4, 0.5) is 0 Å². The lowest BCUT2D eigenvalue weighted by Crippen LogP contribution is -2.41. The van der Waals surface area contributed by atoms with Crippen LogP contribution in [0.2, 0.25) is 0 Å². The van der Waals surface area contributed by atoms with Crippen LogP contribution in [0.3, 0.4) is 0 Å². The zero-order valence-electron chi connectivity index (χ0n) is 11.2. The van der Waals surface area contributed by atoms with Crippen molar-refractivity contribution in [3.05, 3.63) is 24.0 Å². The molecule has 0 aliphatic rings. The van der Waals surface area contributed by atoms with E-state index in [9.17, 15) is 9.90 Å². The highest BCUT2D eigenvalue weighted by Gasteiger charge is 2.22. The molecule has 100 valence electrons. The number of hydrogen-bond donors (Lipinski definition) is 2. The monoisotopic (exact) mass is 251 g/mol. The van der Waals surface area contributed by atoms with Crippen molar-refractivity contribution in [3.8, 4) is 0 Å². The van der Waals surface area contributed by atoms with E-state index in [-0.39, 0.29) is 12.5 Å². The number of carbonyl (C=O) groups excluding carboxylic acids is 1. The van der Waals surface area contributed by atoms with Crippen LogP contribution in [0.15, 0.2) is 18.5 Å². The molecule has 0 bridgehead atoms. The molecular formula is C13H21N3O2. The number of hydrogen-bond acceptors (Lipinski definition) is 3. The first-order chi connectivity index (χ1) is 8.49. The van der Waals surface area contributed by atoms with Gasteiger partial charge in [-0.2, -0.15) is 5.10 Å². The Morgan fingerprint density at radius 3 is 2.72 bits per heavy atom. The Kier molecular flexibility index (Phi) is 5.09. The molecule has 0 saturated carbocycles. The molecule has 1 aromatic rings. The average molecular weight is 251 g/mol. The molecule has 1 rings (SSSR count). The van der Waals surface area contributed by atoms with E-state index in [0.29, 0.717) is 12.8 Å². The van der Waals surface area contributed by atoms with Gasteiger partial charge in [-0.05, 0) is 18.9 Å². The predicted molar refractivity (Wildman–Crippen MR) is 70.8 cm³/mol. The maximum atomic E-state index is 11.6. The molecule has 1 amide bonds. The van der Waals surface area contributed by atoms with Crippen LogP contribution in [-0.4, -0.2) is 32.9 Å². The standard InChI is InChI=1S/C13H21N3O2/c1-4-13(18,5-2)10-14-12(17)7-6-11-8-15-16(3)9-11/h6-9,18H,4-5,10H2,1-3H3,(H,14,17). The van der Waals surface area contributed by atoms with Gasteiger partial charge in [-0.3, -0.25) is 9.48 Å². The summed E-state index contributed by atoms with van der Waals surface area (Å²) in [6.45, 7) is 4.08. The van der Waals surface area contributed by atoms with Gasteiger partial charge in [0, 0.05) is 31.4 Å². The van der Waals surface area contributed by atoms with E-state index < -0.39 is 5.60 Å². The third-order valence-corrected chi connectivity index (χ3v) is 3.06. The summed E-state index contributed by atoms with van der Waals surface area (Å²) in [5, 5.41) is 16.7. The van der Waals surface area contributed by atoms with Crippen molar-refractivity contribution < 1.29 is 9.90 Å². The minimum atomic E-state index is -0.808. The SMILES string of the molecule is CCC(O)(CC)CNC(=O)C=Cc1cnn(C)c1. The van der Waals surface area contributed by atoms with Crippen LogP contribution >= 0.6 is 0 Å². The van der Waals surface area contributed by atoms with Crippen LogP contribution in [0.25, 0.3) is 6.08 Å². The molecule has 18 heavy (non-hydrogen) atoms. The fourth-order valence-corrected chi connectivity index (χ4v) is 1.51. The number of amides is 1. The molecular weight excluding hydrogens is 230 g/mol. The Morgan fingerprint density at radius 1 is 1.56 bits per heavy atom. The summed E-state index contributed by atoms with van der Waals surface area (Å²) in [4.78, 5) is 11.6. The Balaban J connectivity index is 2.45. The number of carbonyl (C=O) groups is 1. The van der Waals surface area contributed by atoms with Crippen molar-refractivity contribution in [3.63, 3.8) is 0 Å². The number of aromatic nitrogens is 2. The van der Waals surface area contributed by atoms with Gasteiger partial charge in [0.1, 0.15) is 0 Å². The molecule has 0 aliphatic carbocycles. The van der Waals surface area contributed by atoms with Gasteiger partial charge in [-0.25, -0.2) is 0 Å². The Morgan fingerprint density at radius 2 is 2.22 bits per heavy atom. The van der Waals surface area contributed by atoms with Gasteiger partial charge in [-0.1, -0.05) is 13.8 Å². The van der Waals surface area contributed by atoms with Crippen molar-refractivity contribution in [1.82, 2.24) is 15.1 Å². The fourth-order valence-electron chi connectivity index (χ4n) is 1.51. The van der Waals surface area contributed by atoms with Crippen LogP contribution < -0.4 is 5.32 Å². The number of nitrogens with one attached hydrogen (secondary N) is 1. The van der Waals surface area contributed by atoms with Crippen molar-refractivity contribution >= 4 is 12.0 Å². The summed E-state index contributed by atoms with van der Waals surface area (Å²) in [6.07, 6.45) is 7.88. The third-order valence-electron chi connectivity index (χ3n) is 3.06. The zero-order valence-corrected chi connectivity index (χ0v) is 11.2. The highest BCUT2D eigenvalue weighted by molar-refractivity contribution is 5.91. The van der Waals surface area contributed by atoms with Gasteiger partial charge in [-0.15, -0.1) is 0 Å². The molecule has 5 nitrogen and oxygen atoms in total. The van der Waals surface area contributed by atoms with Gasteiger partial charge in [0.2, 0.25) is 5.91 Å². The van der Waals surface area contributed by atoms with Crippen LogP contribution in [0.1, 0.15) is 32.3 Å². The van der Waals surface area contributed by atoms with Gasteiger partial charge in [0.15, 0.2) is 0 Å². The summed E-state index contributed by atoms with van der Waals surface area (Å²) >= 11 is 0. The van der Waals surface area contributed by atoms with E-state index in [1.807, 2.05) is 27.1 Å². The Hall–Kier alpha value is -1.62. The molecule has 5 heteroatoms. The molecule has 0 saturated heterocycles. The minimum absolute atomic E-state index is 0.209. The summed E-state index contributed by atoms with van der Waals surface area (Å²) in [5.74, 6) is -0.209. The van der Waals surface area contributed by atoms with Gasteiger partial charge < -0.3 is 10.4 Å². The van der Waals surface area contributed by atoms with E-state index in [4.69, 9.17) is 0 Å². The largest absolute Gasteiger partial charge is 0.388 e. The van der Waals surface area contributed by atoms with Crippen LogP contribution in [0.5, 0.6) is 0 Å². The lowest BCUT2D eigenvalue weighted by molar-refractivity contribution is -0.117. The third kappa shape index (κ3) is 4.33.